The van der Waals surface area contributed by atoms with Gasteiger partial charge in [0.2, 0.25) is 0 Å². The van der Waals surface area contributed by atoms with E-state index in [1.165, 1.54) is 4.90 Å². The maximum Gasteiger partial charge on any atom is 0.0625 e. The molecule has 0 aromatic carbocycles. The smallest absolute Gasteiger partial charge is 0.0625 e. The number of rotatable bonds is 2. The number of nitrogens with zero attached hydrogens (tertiary/aromatic N) is 2. The fourth-order valence-corrected chi connectivity index (χ4v) is 1.07. The van der Waals surface area contributed by atoms with Crippen molar-refractivity contribution in [3.05, 3.63) is 12.4 Å². The molecule has 0 radical (unpaired) electrons. The molecule has 2 nitrogen and oxygen atoms in total. The first-order valence-corrected chi connectivity index (χ1v) is 4.54. The Morgan fingerprint density at radius 2 is 2.30 bits per heavy atom. The summed E-state index contributed by atoms with van der Waals surface area (Å²) in [6.45, 7) is 4.24. The molecule has 1 rings (SSSR count). The lowest BCUT2D eigenvalue weighted by Crippen LogP contribution is -1.99. The van der Waals surface area contributed by atoms with E-state index in [1.54, 1.807) is 11.8 Å². The van der Waals surface area contributed by atoms with Crippen molar-refractivity contribution in [2.24, 2.45) is 0 Å². The van der Waals surface area contributed by atoms with E-state index in [-0.39, 0.29) is 0 Å². The third-order valence-corrected chi connectivity index (χ3v) is 2.02. The second kappa shape index (κ2) is 3.10. The third-order valence-electron chi connectivity index (χ3n) is 1.34. The van der Waals surface area contributed by atoms with Crippen LogP contribution in [0, 0.1) is 0 Å². The highest BCUT2D eigenvalue weighted by Gasteiger charge is 1.98. The Morgan fingerprint density at radius 1 is 1.60 bits per heavy atom. The highest BCUT2D eigenvalue weighted by molar-refractivity contribution is 7.98. The summed E-state index contributed by atoms with van der Waals surface area (Å²) in [7, 11) is 0. The van der Waals surface area contributed by atoms with Gasteiger partial charge in [0.25, 0.3) is 0 Å². The van der Waals surface area contributed by atoms with Crippen LogP contribution in [0.4, 0.5) is 0 Å². The number of aromatic nitrogens is 2. The number of thioether (sulfide) groups is 1. The van der Waals surface area contributed by atoms with Gasteiger partial charge in [0.1, 0.15) is 0 Å². The Kier molecular flexibility index (Phi) is 2.38. The van der Waals surface area contributed by atoms with Crippen LogP contribution in [0.1, 0.15) is 19.9 Å². The first kappa shape index (κ1) is 7.66. The second-order valence-corrected chi connectivity index (χ2v) is 3.33. The summed E-state index contributed by atoms with van der Waals surface area (Å²) >= 11 is 1.72. The van der Waals surface area contributed by atoms with Gasteiger partial charge >= 0.3 is 0 Å². The highest BCUT2D eigenvalue weighted by atomic mass is 32.2. The zero-order chi connectivity index (χ0) is 7.56. The zero-order valence-corrected chi connectivity index (χ0v) is 7.35. The maximum atomic E-state index is 4.18. The summed E-state index contributed by atoms with van der Waals surface area (Å²) in [6.07, 6.45) is 6.02. The molecule has 0 bridgehead atoms. The van der Waals surface area contributed by atoms with Crippen LogP contribution in [0.15, 0.2) is 17.3 Å². The van der Waals surface area contributed by atoms with Crippen molar-refractivity contribution in [3.63, 3.8) is 0 Å². The predicted molar refractivity (Wildman–Crippen MR) is 44.4 cm³/mol. The van der Waals surface area contributed by atoms with Crippen molar-refractivity contribution >= 4 is 11.8 Å². The minimum Gasteiger partial charge on any atom is -0.269 e. The minimum atomic E-state index is 0.473. The van der Waals surface area contributed by atoms with Gasteiger partial charge < -0.3 is 0 Å². The van der Waals surface area contributed by atoms with Crippen LogP contribution in [-0.2, 0) is 0 Å². The molecular weight excluding hydrogens is 144 g/mol. The molecule has 56 valence electrons. The standard InChI is InChI=1S/C7H12N2S/c1-6(2)9-5-7(10-3)4-8-9/h4-6H,1-3H3. The molecule has 0 fully saturated rings. The van der Waals surface area contributed by atoms with E-state index in [0.29, 0.717) is 6.04 Å². The summed E-state index contributed by atoms with van der Waals surface area (Å²) in [6, 6.07) is 0.473. The van der Waals surface area contributed by atoms with Crippen LogP contribution in [0.3, 0.4) is 0 Å². The molecule has 0 spiro atoms. The first-order valence-electron chi connectivity index (χ1n) is 3.32. The molecule has 0 saturated heterocycles. The Bertz CT molecular complexity index is 205. The summed E-state index contributed by atoms with van der Waals surface area (Å²) in [5, 5.41) is 4.18. The Morgan fingerprint density at radius 3 is 2.60 bits per heavy atom. The van der Waals surface area contributed by atoms with Crippen molar-refractivity contribution in [1.29, 1.82) is 0 Å². The van der Waals surface area contributed by atoms with E-state index >= 15 is 0 Å². The van der Waals surface area contributed by atoms with Gasteiger partial charge in [-0.3, -0.25) is 4.68 Å². The van der Waals surface area contributed by atoms with Crippen molar-refractivity contribution < 1.29 is 0 Å². The van der Waals surface area contributed by atoms with Crippen molar-refractivity contribution in [2.45, 2.75) is 24.8 Å². The molecule has 0 amide bonds. The van der Waals surface area contributed by atoms with E-state index in [1.807, 2.05) is 10.9 Å². The van der Waals surface area contributed by atoms with E-state index < -0.39 is 0 Å². The lowest BCUT2D eigenvalue weighted by Gasteiger charge is -2.02. The molecular formula is C7H12N2S. The average Bonchev–Trinajstić information content (AvgIpc) is 2.34. The van der Waals surface area contributed by atoms with Crippen LogP contribution in [0.5, 0.6) is 0 Å². The largest absolute Gasteiger partial charge is 0.269 e. The fourth-order valence-electron chi connectivity index (χ4n) is 0.708. The van der Waals surface area contributed by atoms with Gasteiger partial charge in [-0.1, -0.05) is 0 Å². The summed E-state index contributed by atoms with van der Waals surface area (Å²) in [5.41, 5.74) is 0. The molecule has 3 heteroatoms. The summed E-state index contributed by atoms with van der Waals surface area (Å²) in [4.78, 5) is 1.23. The van der Waals surface area contributed by atoms with Gasteiger partial charge in [-0.05, 0) is 20.1 Å². The first-order chi connectivity index (χ1) is 4.74. The van der Waals surface area contributed by atoms with Gasteiger partial charge in [-0.25, -0.2) is 0 Å². The van der Waals surface area contributed by atoms with Crippen LogP contribution in [0.25, 0.3) is 0 Å². The Hall–Kier alpha value is -0.440. The van der Waals surface area contributed by atoms with Crippen molar-refractivity contribution in [2.75, 3.05) is 6.26 Å². The SMILES string of the molecule is CSc1cnn(C(C)C)c1. The normalized spacial score (nSPS) is 10.8. The summed E-state index contributed by atoms with van der Waals surface area (Å²) < 4.78 is 1.96. The number of hydrogen-bond donors (Lipinski definition) is 0. The molecule has 0 aliphatic heterocycles. The zero-order valence-electron chi connectivity index (χ0n) is 6.53. The molecule has 0 aliphatic rings. The third kappa shape index (κ3) is 1.53. The average molecular weight is 156 g/mol. The van der Waals surface area contributed by atoms with Gasteiger partial charge in [0, 0.05) is 17.1 Å². The van der Waals surface area contributed by atoms with Gasteiger partial charge in [-0.15, -0.1) is 11.8 Å². The lowest BCUT2D eigenvalue weighted by molar-refractivity contribution is 0.531. The molecule has 0 N–H and O–H groups in total. The molecule has 1 aromatic rings. The van der Waals surface area contributed by atoms with Crippen LogP contribution < -0.4 is 0 Å². The van der Waals surface area contributed by atoms with Crippen LogP contribution >= 0.6 is 11.8 Å². The fraction of sp³-hybridized carbons (Fsp3) is 0.571. The molecule has 0 atom stereocenters. The van der Waals surface area contributed by atoms with Gasteiger partial charge in [0.05, 0.1) is 6.20 Å². The molecule has 0 aliphatic carbocycles. The highest BCUT2D eigenvalue weighted by Crippen LogP contribution is 2.14. The molecule has 1 aromatic heterocycles. The van der Waals surface area contributed by atoms with E-state index in [2.05, 4.69) is 31.4 Å². The Labute approximate surface area is 65.6 Å². The second-order valence-electron chi connectivity index (χ2n) is 2.45. The lowest BCUT2D eigenvalue weighted by atomic mass is 10.4. The molecule has 0 unspecified atom stereocenters. The van der Waals surface area contributed by atoms with Gasteiger partial charge in [0.15, 0.2) is 0 Å². The van der Waals surface area contributed by atoms with Crippen molar-refractivity contribution in [1.82, 2.24) is 9.78 Å². The van der Waals surface area contributed by atoms with E-state index in [9.17, 15) is 0 Å². The maximum absolute atomic E-state index is 4.18. The molecule has 1 heterocycles. The molecule has 0 saturated carbocycles. The number of hydrogen-bond acceptors (Lipinski definition) is 2. The monoisotopic (exact) mass is 156 g/mol. The van der Waals surface area contributed by atoms with Crippen LogP contribution in [0.2, 0.25) is 0 Å². The predicted octanol–water partition coefficient (Wildman–Crippen LogP) is 2.19. The molecule has 10 heavy (non-hydrogen) atoms. The van der Waals surface area contributed by atoms with Crippen molar-refractivity contribution in [3.8, 4) is 0 Å². The van der Waals surface area contributed by atoms with E-state index in [4.69, 9.17) is 0 Å². The quantitative estimate of drug-likeness (QED) is 0.611. The minimum absolute atomic E-state index is 0.473. The topological polar surface area (TPSA) is 17.8 Å². The van der Waals surface area contributed by atoms with Gasteiger partial charge in [-0.2, -0.15) is 5.10 Å². The van der Waals surface area contributed by atoms with Crippen LogP contribution in [-0.4, -0.2) is 16.0 Å². The Balaban J connectivity index is 2.78. The van der Waals surface area contributed by atoms with E-state index in [0.717, 1.165) is 0 Å². The summed E-state index contributed by atoms with van der Waals surface area (Å²) in [5.74, 6) is 0.